The quantitative estimate of drug-likeness (QED) is 0.246. The molecule has 0 radical (unpaired) electrons. The van der Waals surface area contributed by atoms with E-state index in [1.54, 1.807) is 12.4 Å². The van der Waals surface area contributed by atoms with Crippen LogP contribution in [0.4, 0.5) is 0 Å². The molecule has 158 valence electrons. The van der Waals surface area contributed by atoms with E-state index in [1.807, 2.05) is 42.5 Å². The van der Waals surface area contributed by atoms with Gasteiger partial charge in [0.25, 0.3) is 0 Å². The van der Waals surface area contributed by atoms with Crippen LogP contribution in [0.2, 0.25) is 0 Å². The number of carbonyl (C=O) groups is 1. The molecule has 0 saturated heterocycles. The second-order valence-electron chi connectivity index (χ2n) is 7.43. The molecule has 0 saturated carbocycles. The van der Waals surface area contributed by atoms with Gasteiger partial charge in [0.2, 0.25) is 0 Å². The zero-order valence-corrected chi connectivity index (χ0v) is 17.5. The Balaban J connectivity index is 1.45. The lowest BCUT2D eigenvalue weighted by Crippen LogP contribution is -2.12. The molecule has 5 heteroatoms. The number of hydrogen-bond acceptors (Lipinski definition) is 5. The summed E-state index contributed by atoms with van der Waals surface area (Å²) in [6.45, 7) is 0.608. The van der Waals surface area contributed by atoms with Crippen molar-refractivity contribution in [3.05, 3.63) is 101 Å². The molecule has 0 fully saturated rings. The van der Waals surface area contributed by atoms with E-state index in [2.05, 4.69) is 22.3 Å². The van der Waals surface area contributed by atoms with Crippen LogP contribution < -0.4 is 0 Å². The van der Waals surface area contributed by atoms with E-state index >= 15 is 0 Å². The number of aldehydes is 1. The van der Waals surface area contributed by atoms with Crippen LogP contribution in [0.3, 0.4) is 0 Å². The summed E-state index contributed by atoms with van der Waals surface area (Å²) < 4.78 is 5.69. The van der Waals surface area contributed by atoms with E-state index in [9.17, 15) is 4.79 Å². The van der Waals surface area contributed by atoms with Gasteiger partial charge in [-0.2, -0.15) is 0 Å². The number of rotatable bonds is 9. The van der Waals surface area contributed by atoms with Gasteiger partial charge in [0.15, 0.2) is 6.29 Å². The molecular weight excluding hydrogens is 388 g/mol. The third-order valence-electron chi connectivity index (χ3n) is 5.44. The van der Waals surface area contributed by atoms with E-state index in [1.165, 1.54) is 16.7 Å². The maximum atomic E-state index is 10.7. The van der Waals surface area contributed by atoms with Crippen LogP contribution in [0.15, 0.2) is 94.6 Å². The van der Waals surface area contributed by atoms with Crippen LogP contribution >= 0.6 is 0 Å². The van der Waals surface area contributed by atoms with Crippen molar-refractivity contribution in [3.8, 4) is 0 Å². The van der Waals surface area contributed by atoms with E-state index < -0.39 is 0 Å². The van der Waals surface area contributed by atoms with E-state index in [0.717, 1.165) is 61.0 Å². The highest BCUT2D eigenvalue weighted by molar-refractivity contribution is 6.12. The van der Waals surface area contributed by atoms with E-state index in [-0.39, 0.29) is 6.61 Å². The summed E-state index contributed by atoms with van der Waals surface area (Å²) in [6.07, 6.45) is 13.4. The highest BCUT2D eigenvalue weighted by atomic mass is 16.6. The van der Waals surface area contributed by atoms with E-state index in [4.69, 9.17) is 9.57 Å². The standard InChI is InChI=1S/C26H26N2O3/c29-16-18-30-25-13-5-11-23-20(9-4-12-24(23)25)14-17-31-28-26(21-7-2-1-3-8-21)22-10-6-15-27-19-22/h1-3,6-11,15-16,19H,4-5,12-14,17-18H2/b28-26+. The third kappa shape index (κ3) is 5.18. The van der Waals surface area contributed by atoms with Gasteiger partial charge in [-0.05, 0) is 48.1 Å². The SMILES string of the molecule is O=CCOC1=C2CCC=C(CCO/N=C(\c3ccccc3)c3cccnc3)C2=CCC1. The van der Waals surface area contributed by atoms with Crippen molar-refractivity contribution in [2.24, 2.45) is 5.16 Å². The zero-order chi connectivity index (χ0) is 21.3. The van der Waals surface area contributed by atoms with Crippen molar-refractivity contribution in [2.45, 2.75) is 32.1 Å². The zero-order valence-electron chi connectivity index (χ0n) is 17.5. The Morgan fingerprint density at radius 2 is 1.87 bits per heavy atom. The summed E-state index contributed by atoms with van der Waals surface area (Å²) in [7, 11) is 0. The van der Waals surface area contributed by atoms with Crippen LogP contribution in [0.25, 0.3) is 0 Å². The molecule has 1 aromatic carbocycles. The van der Waals surface area contributed by atoms with Crippen molar-refractivity contribution >= 4 is 12.0 Å². The lowest BCUT2D eigenvalue weighted by Gasteiger charge is -2.26. The predicted molar refractivity (Wildman–Crippen MR) is 121 cm³/mol. The van der Waals surface area contributed by atoms with Crippen LogP contribution in [0, 0.1) is 0 Å². The summed E-state index contributed by atoms with van der Waals surface area (Å²) in [6, 6.07) is 13.9. The third-order valence-corrected chi connectivity index (χ3v) is 5.44. The molecule has 5 nitrogen and oxygen atoms in total. The Kier molecular flexibility index (Phi) is 7.06. The van der Waals surface area contributed by atoms with Gasteiger partial charge in [0.1, 0.15) is 24.7 Å². The van der Waals surface area contributed by atoms with Gasteiger partial charge in [-0.15, -0.1) is 0 Å². The first-order valence-electron chi connectivity index (χ1n) is 10.7. The van der Waals surface area contributed by atoms with Gasteiger partial charge in [-0.1, -0.05) is 47.6 Å². The van der Waals surface area contributed by atoms with Crippen LogP contribution in [-0.4, -0.2) is 30.2 Å². The number of hydrogen-bond donors (Lipinski definition) is 0. The van der Waals surface area contributed by atoms with Gasteiger partial charge in [-0.25, -0.2) is 0 Å². The summed E-state index contributed by atoms with van der Waals surface area (Å²) in [4.78, 5) is 20.7. The summed E-state index contributed by atoms with van der Waals surface area (Å²) in [5.74, 6) is 0.970. The fourth-order valence-electron chi connectivity index (χ4n) is 4.04. The molecule has 2 aromatic rings. The first kappa shape index (κ1) is 20.8. The van der Waals surface area contributed by atoms with Gasteiger partial charge in [-0.3, -0.25) is 9.78 Å². The normalized spacial score (nSPS) is 16.2. The predicted octanol–water partition coefficient (Wildman–Crippen LogP) is 5.15. The fourth-order valence-corrected chi connectivity index (χ4v) is 4.04. The molecule has 0 amide bonds. The van der Waals surface area contributed by atoms with Crippen molar-refractivity contribution in [3.63, 3.8) is 0 Å². The first-order chi connectivity index (χ1) is 15.4. The molecule has 31 heavy (non-hydrogen) atoms. The minimum absolute atomic E-state index is 0.125. The molecule has 0 unspecified atom stereocenters. The van der Waals surface area contributed by atoms with Crippen molar-refractivity contribution in [2.75, 3.05) is 13.2 Å². The number of oxime groups is 1. The number of benzene rings is 1. The van der Waals surface area contributed by atoms with Gasteiger partial charge in [0, 0.05) is 36.4 Å². The van der Waals surface area contributed by atoms with Gasteiger partial charge >= 0.3 is 0 Å². The van der Waals surface area contributed by atoms with E-state index in [0.29, 0.717) is 6.61 Å². The number of carbonyl (C=O) groups excluding carboxylic acids is 1. The molecule has 0 N–H and O–H groups in total. The maximum Gasteiger partial charge on any atom is 0.157 e. The average molecular weight is 415 g/mol. The number of fused-ring (bicyclic) bond motifs is 1. The monoisotopic (exact) mass is 414 g/mol. The van der Waals surface area contributed by atoms with Crippen LogP contribution in [0.5, 0.6) is 0 Å². The fraction of sp³-hybridized carbons (Fsp3) is 0.269. The Bertz CT molecular complexity index is 980. The highest BCUT2D eigenvalue weighted by Crippen LogP contribution is 2.38. The van der Waals surface area contributed by atoms with Crippen LogP contribution in [-0.2, 0) is 14.4 Å². The number of nitrogens with zero attached hydrogens (tertiary/aromatic N) is 2. The molecule has 2 aliphatic rings. The smallest absolute Gasteiger partial charge is 0.157 e. The lowest BCUT2D eigenvalue weighted by molar-refractivity contribution is -0.110. The average Bonchev–Trinajstić information content (AvgIpc) is 2.84. The number of allylic oxidation sites excluding steroid dienone is 5. The van der Waals surface area contributed by atoms with Crippen molar-refractivity contribution in [1.29, 1.82) is 0 Å². The number of ether oxygens (including phenoxy) is 1. The molecule has 0 aliphatic heterocycles. The second kappa shape index (κ2) is 10.5. The highest BCUT2D eigenvalue weighted by Gasteiger charge is 2.22. The van der Waals surface area contributed by atoms with Gasteiger partial charge in [0.05, 0.1) is 0 Å². The number of pyridine rings is 1. The minimum Gasteiger partial charge on any atom is -0.490 e. The summed E-state index contributed by atoms with van der Waals surface area (Å²) >= 11 is 0. The second-order valence-corrected chi connectivity index (χ2v) is 7.43. The Labute approximate surface area is 182 Å². The minimum atomic E-state index is 0.125. The number of aromatic nitrogens is 1. The molecule has 1 aromatic heterocycles. The molecule has 2 aliphatic carbocycles. The topological polar surface area (TPSA) is 60.8 Å². The molecule has 0 bridgehead atoms. The van der Waals surface area contributed by atoms with Crippen molar-refractivity contribution < 1.29 is 14.4 Å². The Morgan fingerprint density at radius 3 is 2.68 bits per heavy atom. The van der Waals surface area contributed by atoms with Crippen molar-refractivity contribution in [1.82, 2.24) is 4.98 Å². The Hall–Kier alpha value is -3.47. The lowest BCUT2D eigenvalue weighted by atomic mass is 9.82. The molecule has 4 rings (SSSR count). The molecule has 0 spiro atoms. The summed E-state index contributed by atoms with van der Waals surface area (Å²) in [5.41, 5.74) is 6.45. The molecule has 0 atom stereocenters. The largest absolute Gasteiger partial charge is 0.490 e. The maximum absolute atomic E-state index is 10.7. The summed E-state index contributed by atoms with van der Waals surface area (Å²) in [5, 5.41) is 4.46. The molecule has 1 heterocycles. The first-order valence-corrected chi connectivity index (χ1v) is 10.7. The molecular formula is C26H26N2O3. The Morgan fingerprint density at radius 1 is 1.03 bits per heavy atom. The van der Waals surface area contributed by atoms with Crippen LogP contribution in [0.1, 0.15) is 43.2 Å². The van der Waals surface area contributed by atoms with Gasteiger partial charge < -0.3 is 9.57 Å².